The number of fused-ring (bicyclic) bond motifs is 1. The molecule has 3 atom stereocenters. The third-order valence-electron chi connectivity index (χ3n) is 6.85. The van der Waals surface area contributed by atoms with E-state index in [2.05, 4.69) is 43.0 Å². The lowest BCUT2D eigenvalue weighted by Crippen LogP contribution is -2.67. The van der Waals surface area contributed by atoms with Crippen molar-refractivity contribution in [1.82, 2.24) is 9.80 Å². The van der Waals surface area contributed by atoms with Crippen molar-refractivity contribution in [2.75, 3.05) is 13.1 Å². The van der Waals surface area contributed by atoms with Gasteiger partial charge in [-0.3, -0.25) is 9.69 Å². The van der Waals surface area contributed by atoms with Crippen molar-refractivity contribution < 1.29 is 13.6 Å². The standard InChI is InChI=1S/C25H32N2O3S/c1-18(2)21-12-10-20(11-13-21)14-26-16-22-23(17-26)31(29,30)25(3,4)24(28)27(22)15-19-8-6-5-7-9-19/h5-13,18,22-23H,14-17H2,1-4H3/t22-,23+/m0/s1. The quantitative estimate of drug-likeness (QED) is 0.663. The van der Waals surface area contributed by atoms with Crippen molar-refractivity contribution in [1.29, 1.82) is 0 Å². The highest BCUT2D eigenvalue weighted by Crippen LogP contribution is 2.41. The number of hydrogen-bond donors (Lipinski definition) is 0. The summed E-state index contributed by atoms with van der Waals surface area (Å²) >= 11 is 0. The van der Waals surface area contributed by atoms with Gasteiger partial charge in [-0.25, -0.2) is 0 Å². The highest BCUT2D eigenvalue weighted by atomic mass is 32.3. The monoisotopic (exact) mass is 440 g/mol. The van der Waals surface area contributed by atoms with E-state index in [0.29, 0.717) is 32.1 Å². The first-order chi connectivity index (χ1) is 14.6. The molecule has 0 radical (unpaired) electrons. The van der Waals surface area contributed by atoms with E-state index in [0.717, 1.165) is 5.56 Å². The fourth-order valence-electron chi connectivity index (χ4n) is 4.80. The third-order valence-corrected chi connectivity index (χ3v) is 9.70. The summed E-state index contributed by atoms with van der Waals surface area (Å²) in [6.45, 7) is 9.63. The van der Waals surface area contributed by atoms with Crippen LogP contribution < -0.4 is 0 Å². The maximum Gasteiger partial charge on any atom is 0.278 e. The Kier molecular flexibility index (Phi) is 5.83. The molecule has 0 bridgehead atoms. The van der Waals surface area contributed by atoms with E-state index in [4.69, 9.17) is 0 Å². The molecule has 6 heteroatoms. The molecule has 5 nitrogen and oxygen atoms in total. The molecular formula is C25H32N2O3S. The molecule has 2 heterocycles. The van der Waals surface area contributed by atoms with Crippen molar-refractivity contribution in [3.63, 3.8) is 0 Å². The third kappa shape index (κ3) is 3.97. The van der Waals surface area contributed by atoms with Crippen LogP contribution in [-0.4, -0.2) is 49.4 Å². The van der Waals surface area contributed by atoms with Crippen LogP contribution >= 0.6 is 0 Å². The van der Waals surface area contributed by atoms with Crippen LogP contribution in [0, 0.1) is 0 Å². The molecule has 2 aromatic rings. The Bertz CT molecular complexity index is 988. The van der Waals surface area contributed by atoms with Crippen LogP contribution in [0.5, 0.6) is 0 Å². The summed E-state index contributed by atoms with van der Waals surface area (Å²) in [7, 11) is -3.59. The Morgan fingerprint density at radius 3 is 2.23 bits per heavy atom. The highest BCUT2D eigenvalue weighted by molar-refractivity contribution is 8.00. The number of carbonyl (C=O) groups excluding carboxylic acids is 1. The summed E-state index contributed by atoms with van der Waals surface area (Å²) in [5.74, 6) is 0.189. The molecule has 0 N–H and O–H groups in total. The van der Waals surface area contributed by atoms with Gasteiger partial charge in [-0.05, 0) is 36.5 Å². The molecule has 1 amide bonds. The first-order valence-corrected chi connectivity index (χ1v) is 12.6. The Balaban J connectivity index is 1.59. The van der Waals surface area contributed by atoms with Crippen LogP contribution in [0.2, 0.25) is 0 Å². The first kappa shape index (κ1) is 22.2. The molecular weight excluding hydrogens is 408 g/mol. The zero-order valence-electron chi connectivity index (χ0n) is 18.8. The number of rotatable bonds is 5. The van der Waals surface area contributed by atoms with Crippen molar-refractivity contribution >= 4 is 16.1 Å². The smallest absolute Gasteiger partial charge is 0.278 e. The molecule has 2 aliphatic rings. The molecule has 0 spiro atoms. The first-order valence-electron chi connectivity index (χ1n) is 11.0. The van der Waals surface area contributed by atoms with Crippen LogP contribution in [0.1, 0.15) is 50.3 Å². The van der Waals surface area contributed by atoms with E-state index in [1.807, 2.05) is 35.2 Å². The van der Waals surface area contributed by atoms with Gasteiger partial charge in [-0.15, -0.1) is 4.21 Å². The summed E-state index contributed by atoms with van der Waals surface area (Å²) in [5.41, 5.74) is 3.48. The van der Waals surface area contributed by atoms with Crippen LogP contribution in [-0.2, 0) is 32.3 Å². The molecule has 2 aromatic carbocycles. The van der Waals surface area contributed by atoms with Gasteiger partial charge < -0.3 is 9.45 Å². The Morgan fingerprint density at radius 2 is 1.61 bits per heavy atom. The van der Waals surface area contributed by atoms with Crippen LogP contribution in [0.15, 0.2) is 54.6 Å². The van der Waals surface area contributed by atoms with E-state index in [-0.39, 0.29) is 11.9 Å². The second kappa shape index (κ2) is 8.15. The van der Waals surface area contributed by atoms with E-state index < -0.39 is 20.2 Å². The molecule has 166 valence electrons. The maximum absolute atomic E-state index is 13.4. The second-order valence-corrected chi connectivity index (χ2v) is 12.4. The zero-order valence-corrected chi connectivity index (χ0v) is 19.6. The molecule has 0 aliphatic carbocycles. The topological polar surface area (TPSA) is 63.7 Å². The average molecular weight is 441 g/mol. The van der Waals surface area contributed by atoms with Gasteiger partial charge >= 0.3 is 0 Å². The molecule has 1 unspecified atom stereocenters. The molecule has 4 rings (SSSR count). The number of nitrogens with zero attached hydrogens (tertiary/aromatic N) is 2. The molecule has 0 saturated carbocycles. The van der Waals surface area contributed by atoms with Gasteiger partial charge in [0.05, 0.1) is 16.3 Å². The lowest BCUT2D eigenvalue weighted by Gasteiger charge is -2.47. The van der Waals surface area contributed by atoms with Gasteiger partial charge in [0.2, 0.25) is 4.75 Å². The van der Waals surface area contributed by atoms with Gasteiger partial charge in [0.15, 0.2) is 5.25 Å². The minimum atomic E-state index is -3.59. The fourth-order valence-corrected chi connectivity index (χ4v) is 6.97. The number of sulfone groups is 1. The number of likely N-dealkylation sites (tertiary alicyclic amines) is 1. The van der Waals surface area contributed by atoms with Crippen molar-refractivity contribution in [2.45, 2.75) is 62.7 Å². The molecule has 31 heavy (non-hydrogen) atoms. The van der Waals surface area contributed by atoms with Gasteiger partial charge in [-0.2, -0.15) is 0 Å². The minimum Gasteiger partial charge on any atom is -0.614 e. The Labute approximate surface area is 186 Å². The van der Waals surface area contributed by atoms with Gasteiger partial charge in [0, 0.05) is 26.2 Å². The van der Waals surface area contributed by atoms with Crippen LogP contribution in [0.25, 0.3) is 0 Å². The summed E-state index contributed by atoms with van der Waals surface area (Å²) in [4.78, 5) is 17.3. The van der Waals surface area contributed by atoms with Crippen molar-refractivity contribution in [3.8, 4) is 0 Å². The summed E-state index contributed by atoms with van der Waals surface area (Å²) in [6.07, 6.45) is 0. The highest BCUT2D eigenvalue weighted by Gasteiger charge is 2.63. The molecule has 0 aromatic heterocycles. The van der Waals surface area contributed by atoms with E-state index in [1.165, 1.54) is 11.1 Å². The lowest BCUT2D eigenvalue weighted by atomic mass is 10.0. The summed E-state index contributed by atoms with van der Waals surface area (Å²) in [5, 5.41) is -0.557. The number of amides is 1. The normalized spacial score (nSPS) is 28.2. The predicted molar refractivity (Wildman–Crippen MR) is 123 cm³/mol. The van der Waals surface area contributed by atoms with Gasteiger partial charge in [0.25, 0.3) is 5.91 Å². The number of carbonyl (C=O) groups is 1. The van der Waals surface area contributed by atoms with E-state index in [1.54, 1.807) is 13.8 Å². The lowest BCUT2D eigenvalue weighted by molar-refractivity contribution is -0.137. The minimum absolute atomic E-state index is 0.291. The maximum atomic E-state index is 13.4. The van der Waals surface area contributed by atoms with E-state index in [9.17, 15) is 13.6 Å². The summed E-state index contributed by atoms with van der Waals surface area (Å²) in [6, 6.07) is 18.0. The second-order valence-electron chi connectivity index (χ2n) is 9.67. The predicted octanol–water partition coefficient (Wildman–Crippen LogP) is 3.81. The van der Waals surface area contributed by atoms with Crippen molar-refractivity contribution in [3.05, 3.63) is 71.3 Å². The van der Waals surface area contributed by atoms with Crippen LogP contribution in [0.3, 0.4) is 0 Å². The van der Waals surface area contributed by atoms with Crippen LogP contribution in [0.4, 0.5) is 0 Å². The Hall–Kier alpha value is -2.02. The largest absolute Gasteiger partial charge is 0.614 e. The van der Waals surface area contributed by atoms with Crippen molar-refractivity contribution in [2.24, 2.45) is 0 Å². The van der Waals surface area contributed by atoms with Gasteiger partial charge in [0.1, 0.15) is 0 Å². The SMILES string of the molecule is CC(C)c1ccc(CN2C[C@@H]3[C@H](C2)N(Cc2ccccc2)C(=O)C(C)(C)[S+]3(=O)[O-])cc1. The average Bonchev–Trinajstić information content (AvgIpc) is 3.16. The van der Waals surface area contributed by atoms with Gasteiger partial charge in [-0.1, -0.05) is 68.4 Å². The Morgan fingerprint density at radius 1 is 1.00 bits per heavy atom. The zero-order chi connectivity index (χ0) is 22.4. The number of hydrogen-bond acceptors (Lipinski definition) is 4. The molecule has 2 fully saturated rings. The fraction of sp³-hybridized carbons (Fsp3) is 0.480. The summed E-state index contributed by atoms with van der Waals surface area (Å²) < 4.78 is 25.3. The molecule has 2 aliphatic heterocycles. The number of benzene rings is 2. The molecule has 2 saturated heterocycles. The van der Waals surface area contributed by atoms with E-state index >= 15 is 0 Å².